The highest BCUT2D eigenvalue weighted by atomic mass is 16.2. The third kappa shape index (κ3) is 7.07. The van der Waals surface area contributed by atoms with Crippen molar-refractivity contribution < 1.29 is 9.59 Å². The Balaban J connectivity index is 4.76. The van der Waals surface area contributed by atoms with Gasteiger partial charge in [0.05, 0.1) is 0 Å². The molecule has 0 aromatic rings. The minimum Gasteiger partial charge on any atom is -0.341 e. The van der Waals surface area contributed by atoms with Gasteiger partial charge in [-0.2, -0.15) is 0 Å². The van der Waals surface area contributed by atoms with Crippen molar-refractivity contribution in [3.63, 3.8) is 0 Å². The topological polar surface area (TPSA) is 40.6 Å². The Bertz CT molecular complexity index is 362. The summed E-state index contributed by atoms with van der Waals surface area (Å²) in [6.07, 6.45) is 0.623. The van der Waals surface area contributed by atoms with Gasteiger partial charge in [0.15, 0.2) is 0 Å². The number of Topliss-reactive ketones (excluding diaryl/α,β-unsaturated/α-hetero) is 1. The Labute approximate surface area is 130 Å². The highest BCUT2D eigenvalue weighted by molar-refractivity contribution is 5.88. The minimum atomic E-state index is -0.369. The van der Waals surface area contributed by atoms with Crippen LogP contribution >= 0.6 is 0 Å². The molecular weight excluding hydrogens is 264 g/mol. The van der Waals surface area contributed by atoms with Crippen molar-refractivity contribution in [2.24, 2.45) is 10.8 Å². The van der Waals surface area contributed by atoms with Gasteiger partial charge in [-0.15, -0.1) is 0 Å². The second-order valence-corrected chi connectivity index (χ2v) is 8.32. The molecule has 1 amide bonds. The van der Waals surface area contributed by atoms with Crippen LogP contribution in [0.1, 0.15) is 54.4 Å². The second kappa shape index (κ2) is 7.39. The summed E-state index contributed by atoms with van der Waals surface area (Å²) in [4.78, 5) is 28.3. The van der Waals surface area contributed by atoms with Gasteiger partial charge in [0.2, 0.25) is 5.91 Å². The highest BCUT2D eigenvalue weighted by Gasteiger charge is 2.32. The summed E-state index contributed by atoms with van der Waals surface area (Å²) in [5, 5.41) is 0. The number of likely N-dealkylation sites (N-methyl/N-ethyl adjacent to an activating group) is 2. The molecule has 0 radical (unpaired) electrons. The number of rotatable bonds is 6. The van der Waals surface area contributed by atoms with E-state index in [2.05, 4.69) is 25.7 Å². The van der Waals surface area contributed by atoms with Crippen LogP contribution in [-0.2, 0) is 9.59 Å². The van der Waals surface area contributed by atoms with E-state index in [0.29, 0.717) is 12.8 Å². The van der Waals surface area contributed by atoms with Crippen LogP contribution in [0.5, 0.6) is 0 Å². The van der Waals surface area contributed by atoms with Crippen LogP contribution in [-0.4, -0.2) is 55.2 Å². The number of hydrogen-bond acceptors (Lipinski definition) is 3. The first kappa shape index (κ1) is 20.1. The summed E-state index contributed by atoms with van der Waals surface area (Å²) < 4.78 is 0. The van der Waals surface area contributed by atoms with Crippen LogP contribution < -0.4 is 0 Å². The third-order valence-electron chi connectivity index (χ3n) is 3.80. The first-order chi connectivity index (χ1) is 9.26. The van der Waals surface area contributed by atoms with Gasteiger partial charge in [0.25, 0.3) is 0 Å². The van der Waals surface area contributed by atoms with E-state index in [4.69, 9.17) is 0 Å². The normalized spacial score (nSPS) is 14.2. The molecule has 0 fully saturated rings. The fraction of sp³-hybridized carbons (Fsp3) is 0.882. The molecule has 0 saturated carbocycles. The molecule has 0 aliphatic carbocycles. The first-order valence-corrected chi connectivity index (χ1v) is 7.70. The van der Waals surface area contributed by atoms with Crippen LogP contribution in [0.25, 0.3) is 0 Å². The van der Waals surface area contributed by atoms with Gasteiger partial charge in [-0.25, -0.2) is 0 Å². The van der Waals surface area contributed by atoms with Gasteiger partial charge in [0.1, 0.15) is 5.78 Å². The van der Waals surface area contributed by atoms with Gasteiger partial charge < -0.3 is 9.80 Å². The molecule has 1 unspecified atom stereocenters. The SMILES string of the molecule is CN(C)CC(N(C)C(=O)CCC(=O)C(C)(C)C)C(C)(C)C. The maximum atomic E-state index is 12.4. The number of ketones is 1. The molecular formula is C17H34N2O2. The second-order valence-electron chi connectivity index (χ2n) is 8.32. The number of amides is 1. The van der Waals surface area contributed by atoms with E-state index >= 15 is 0 Å². The molecule has 0 saturated heterocycles. The van der Waals surface area contributed by atoms with E-state index in [1.54, 1.807) is 0 Å². The number of hydrogen-bond donors (Lipinski definition) is 0. The summed E-state index contributed by atoms with van der Waals surface area (Å²) >= 11 is 0. The predicted molar refractivity (Wildman–Crippen MR) is 88.3 cm³/mol. The van der Waals surface area contributed by atoms with Crippen LogP contribution in [0.15, 0.2) is 0 Å². The van der Waals surface area contributed by atoms with E-state index in [1.165, 1.54) is 0 Å². The van der Waals surface area contributed by atoms with Crippen LogP contribution in [0.4, 0.5) is 0 Å². The summed E-state index contributed by atoms with van der Waals surface area (Å²) in [6, 6.07) is 0.129. The molecule has 4 nitrogen and oxygen atoms in total. The van der Waals surface area contributed by atoms with Crippen molar-refractivity contribution in [3.8, 4) is 0 Å². The molecule has 0 bridgehead atoms. The zero-order valence-electron chi connectivity index (χ0n) is 15.4. The van der Waals surface area contributed by atoms with Crippen molar-refractivity contribution in [1.29, 1.82) is 0 Å². The average molecular weight is 298 g/mol. The smallest absolute Gasteiger partial charge is 0.223 e. The van der Waals surface area contributed by atoms with Crippen molar-refractivity contribution >= 4 is 11.7 Å². The van der Waals surface area contributed by atoms with Crippen LogP contribution in [0, 0.1) is 10.8 Å². The minimum absolute atomic E-state index is 0.00269. The molecule has 0 aromatic carbocycles. The molecule has 0 aliphatic rings. The lowest BCUT2D eigenvalue weighted by Crippen LogP contribution is -2.50. The van der Waals surface area contributed by atoms with Gasteiger partial charge in [-0.05, 0) is 19.5 Å². The molecule has 1 atom stereocenters. The molecule has 21 heavy (non-hydrogen) atoms. The summed E-state index contributed by atoms with van der Waals surface area (Å²) in [5.74, 6) is 0.193. The quantitative estimate of drug-likeness (QED) is 0.757. The average Bonchev–Trinajstić information content (AvgIpc) is 2.28. The fourth-order valence-electron chi connectivity index (χ4n) is 2.27. The lowest BCUT2D eigenvalue weighted by Gasteiger charge is -2.39. The molecule has 0 aromatic heterocycles. The molecule has 0 N–H and O–H groups in total. The number of carbonyl (C=O) groups is 2. The lowest BCUT2D eigenvalue weighted by molar-refractivity contribution is -0.137. The Morgan fingerprint density at radius 3 is 1.71 bits per heavy atom. The van der Waals surface area contributed by atoms with E-state index < -0.39 is 0 Å². The summed E-state index contributed by atoms with van der Waals surface area (Å²) in [6.45, 7) is 12.9. The maximum Gasteiger partial charge on any atom is 0.223 e. The largest absolute Gasteiger partial charge is 0.341 e. The van der Waals surface area contributed by atoms with E-state index in [1.807, 2.05) is 46.8 Å². The Morgan fingerprint density at radius 1 is 0.905 bits per heavy atom. The maximum absolute atomic E-state index is 12.4. The molecule has 0 spiro atoms. The molecule has 0 heterocycles. The van der Waals surface area contributed by atoms with Gasteiger partial charge in [-0.3, -0.25) is 9.59 Å². The fourth-order valence-corrected chi connectivity index (χ4v) is 2.27. The zero-order chi connectivity index (χ0) is 17.0. The van der Waals surface area contributed by atoms with Crippen molar-refractivity contribution in [2.45, 2.75) is 60.4 Å². The predicted octanol–water partition coefficient (Wildman–Crippen LogP) is 2.82. The molecule has 0 rings (SSSR count). The first-order valence-electron chi connectivity index (χ1n) is 7.70. The lowest BCUT2D eigenvalue weighted by atomic mass is 9.85. The number of carbonyl (C=O) groups excluding carboxylic acids is 2. The van der Waals surface area contributed by atoms with Crippen molar-refractivity contribution in [2.75, 3.05) is 27.7 Å². The Hall–Kier alpha value is -0.900. The molecule has 4 heteroatoms. The van der Waals surface area contributed by atoms with E-state index in [9.17, 15) is 9.59 Å². The van der Waals surface area contributed by atoms with Crippen LogP contribution in [0.3, 0.4) is 0 Å². The van der Waals surface area contributed by atoms with Gasteiger partial charge in [0, 0.05) is 37.9 Å². The van der Waals surface area contributed by atoms with Gasteiger partial charge in [-0.1, -0.05) is 41.5 Å². The zero-order valence-corrected chi connectivity index (χ0v) is 15.4. The Morgan fingerprint density at radius 2 is 1.38 bits per heavy atom. The highest BCUT2D eigenvalue weighted by Crippen LogP contribution is 2.25. The number of nitrogens with zero attached hydrogens (tertiary/aromatic N) is 2. The van der Waals surface area contributed by atoms with E-state index in [0.717, 1.165) is 6.54 Å². The standard InChI is InChI=1S/C17H34N2O2/c1-16(2,3)13(12-18(7)8)19(9)15(21)11-10-14(20)17(4,5)6/h13H,10-12H2,1-9H3. The van der Waals surface area contributed by atoms with Gasteiger partial charge >= 0.3 is 0 Å². The third-order valence-corrected chi connectivity index (χ3v) is 3.80. The summed E-state index contributed by atoms with van der Waals surface area (Å²) in [7, 11) is 5.88. The Kier molecular flexibility index (Phi) is 7.07. The van der Waals surface area contributed by atoms with Crippen molar-refractivity contribution in [3.05, 3.63) is 0 Å². The summed E-state index contributed by atoms with van der Waals surface area (Å²) in [5.41, 5.74) is -0.366. The molecule has 0 aliphatic heterocycles. The monoisotopic (exact) mass is 298 g/mol. The molecule has 124 valence electrons. The van der Waals surface area contributed by atoms with Crippen LogP contribution in [0.2, 0.25) is 0 Å². The van der Waals surface area contributed by atoms with E-state index in [-0.39, 0.29) is 28.6 Å². The van der Waals surface area contributed by atoms with Crippen molar-refractivity contribution in [1.82, 2.24) is 9.80 Å².